The van der Waals surface area contributed by atoms with Crippen molar-refractivity contribution in [1.82, 2.24) is 0 Å². The third kappa shape index (κ3) is 4.03. The van der Waals surface area contributed by atoms with Gasteiger partial charge in [-0.3, -0.25) is 0 Å². The zero-order chi connectivity index (χ0) is 17.5. The maximum atomic E-state index is 10.9. The van der Waals surface area contributed by atoms with Gasteiger partial charge in [0, 0.05) is 28.4 Å². The number of halogens is 1. The van der Waals surface area contributed by atoms with Crippen LogP contribution in [0.2, 0.25) is 5.02 Å². The van der Waals surface area contributed by atoms with Gasteiger partial charge in [-0.2, -0.15) is 0 Å². The van der Waals surface area contributed by atoms with Gasteiger partial charge in [0.1, 0.15) is 0 Å². The van der Waals surface area contributed by atoms with Gasteiger partial charge >= 0.3 is 0 Å². The van der Waals surface area contributed by atoms with Gasteiger partial charge in [-0.25, -0.2) is 4.79 Å². The van der Waals surface area contributed by atoms with Crippen LogP contribution in [0, 0.1) is 5.41 Å². The standard InChI is InChI=1S/C18H17ClN2O3/c1-24-18(11-23)12-6-7-14(16(20)10-22)17(8-12)21-9-13-4-2-3-5-15(13)19/h2-8,20-22H,9-10H2,1H3. The normalized spacial score (nSPS) is 9.96. The van der Waals surface area contributed by atoms with Crippen molar-refractivity contribution >= 4 is 34.7 Å². The largest absolute Gasteiger partial charge is 0.486 e. The number of nitrogens with one attached hydrogen (secondary N) is 2. The minimum absolute atomic E-state index is 0.0669. The van der Waals surface area contributed by atoms with Gasteiger partial charge in [0.25, 0.3) is 0 Å². The molecule has 0 unspecified atom stereocenters. The Morgan fingerprint density at radius 2 is 2.08 bits per heavy atom. The highest BCUT2D eigenvalue weighted by atomic mass is 35.5. The number of anilines is 1. The molecule has 0 amide bonds. The molecule has 0 aliphatic heterocycles. The van der Waals surface area contributed by atoms with E-state index in [1.165, 1.54) is 7.11 Å². The van der Waals surface area contributed by atoms with Gasteiger partial charge in [-0.05, 0) is 23.8 Å². The number of aliphatic hydroxyl groups is 1. The molecule has 0 spiro atoms. The van der Waals surface area contributed by atoms with Gasteiger partial charge in [0.2, 0.25) is 5.76 Å². The first kappa shape index (κ1) is 17.8. The molecule has 124 valence electrons. The van der Waals surface area contributed by atoms with Crippen LogP contribution in [0.25, 0.3) is 5.76 Å². The second-order valence-corrected chi connectivity index (χ2v) is 5.38. The van der Waals surface area contributed by atoms with Crippen LogP contribution >= 0.6 is 11.6 Å². The Labute approximate surface area is 145 Å². The molecule has 6 heteroatoms. The van der Waals surface area contributed by atoms with Crippen LogP contribution in [0.4, 0.5) is 5.69 Å². The maximum Gasteiger partial charge on any atom is 0.210 e. The number of aliphatic hydroxyl groups excluding tert-OH is 1. The summed E-state index contributed by atoms with van der Waals surface area (Å²) in [4.78, 5) is 10.9. The molecule has 0 aliphatic carbocycles. The number of rotatable bonds is 7. The van der Waals surface area contributed by atoms with E-state index >= 15 is 0 Å². The van der Waals surface area contributed by atoms with E-state index in [0.717, 1.165) is 5.56 Å². The van der Waals surface area contributed by atoms with Crippen molar-refractivity contribution in [2.24, 2.45) is 0 Å². The van der Waals surface area contributed by atoms with E-state index < -0.39 is 0 Å². The van der Waals surface area contributed by atoms with E-state index in [9.17, 15) is 9.90 Å². The van der Waals surface area contributed by atoms with E-state index in [1.807, 2.05) is 18.2 Å². The average molecular weight is 345 g/mol. The molecule has 0 aliphatic rings. The Balaban J connectivity index is 2.37. The summed E-state index contributed by atoms with van der Waals surface area (Å²) < 4.78 is 4.99. The van der Waals surface area contributed by atoms with Crippen LogP contribution in [0.3, 0.4) is 0 Å². The lowest BCUT2D eigenvalue weighted by atomic mass is 10.0. The van der Waals surface area contributed by atoms with Crippen molar-refractivity contribution in [3.8, 4) is 0 Å². The molecule has 2 aromatic rings. The minimum Gasteiger partial charge on any atom is -0.486 e. The van der Waals surface area contributed by atoms with E-state index in [2.05, 4.69) is 5.32 Å². The number of carbonyl (C=O) groups excluding carboxylic acids is 1. The molecule has 0 saturated carbocycles. The minimum atomic E-state index is -0.388. The first-order chi connectivity index (χ1) is 11.6. The fourth-order valence-electron chi connectivity index (χ4n) is 2.23. The molecule has 24 heavy (non-hydrogen) atoms. The fourth-order valence-corrected chi connectivity index (χ4v) is 2.43. The Morgan fingerprint density at radius 3 is 2.71 bits per heavy atom. The molecule has 5 nitrogen and oxygen atoms in total. The lowest BCUT2D eigenvalue weighted by Gasteiger charge is -2.15. The van der Waals surface area contributed by atoms with E-state index in [4.69, 9.17) is 21.7 Å². The number of hydrogen-bond acceptors (Lipinski definition) is 5. The molecule has 2 aromatic carbocycles. The lowest BCUT2D eigenvalue weighted by Crippen LogP contribution is -2.11. The molecule has 0 heterocycles. The number of hydrogen-bond donors (Lipinski definition) is 3. The highest BCUT2D eigenvalue weighted by molar-refractivity contribution is 6.31. The van der Waals surface area contributed by atoms with E-state index in [0.29, 0.717) is 28.4 Å². The smallest absolute Gasteiger partial charge is 0.210 e. The third-order valence-corrected chi connectivity index (χ3v) is 3.86. The van der Waals surface area contributed by atoms with E-state index in [-0.39, 0.29) is 18.1 Å². The Kier molecular flexibility index (Phi) is 6.15. The van der Waals surface area contributed by atoms with Crippen molar-refractivity contribution in [2.75, 3.05) is 19.0 Å². The second-order valence-electron chi connectivity index (χ2n) is 4.98. The molecule has 3 N–H and O–H groups in total. The van der Waals surface area contributed by atoms with E-state index in [1.54, 1.807) is 30.2 Å². The van der Waals surface area contributed by atoms with Crippen molar-refractivity contribution in [3.05, 3.63) is 64.2 Å². The molecule has 2 rings (SSSR count). The number of benzene rings is 2. The van der Waals surface area contributed by atoms with Crippen LogP contribution in [0.15, 0.2) is 42.5 Å². The first-order valence-electron chi connectivity index (χ1n) is 7.20. The van der Waals surface area contributed by atoms with Gasteiger partial charge in [-0.15, -0.1) is 0 Å². The Hall–Kier alpha value is -2.59. The number of methoxy groups -OCH3 is 1. The zero-order valence-corrected chi connectivity index (χ0v) is 13.9. The average Bonchev–Trinajstić information content (AvgIpc) is 2.61. The topological polar surface area (TPSA) is 82.4 Å². The van der Waals surface area contributed by atoms with Crippen molar-refractivity contribution in [1.29, 1.82) is 5.41 Å². The van der Waals surface area contributed by atoms with Crippen LogP contribution in [-0.4, -0.2) is 30.5 Å². The molecule has 0 atom stereocenters. The van der Waals surface area contributed by atoms with Crippen molar-refractivity contribution < 1.29 is 14.6 Å². The molecular formula is C18H17ClN2O3. The summed E-state index contributed by atoms with van der Waals surface area (Å²) in [7, 11) is 1.39. The van der Waals surface area contributed by atoms with Crippen molar-refractivity contribution in [3.63, 3.8) is 0 Å². The molecular weight excluding hydrogens is 328 g/mol. The van der Waals surface area contributed by atoms with Crippen LogP contribution in [-0.2, 0) is 16.1 Å². The Bertz CT molecular complexity index is 799. The third-order valence-electron chi connectivity index (χ3n) is 3.49. The molecule has 0 radical (unpaired) electrons. The summed E-state index contributed by atoms with van der Waals surface area (Å²) in [5.41, 5.74) is 2.62. The molecule has 0 saturated heterocycles. The van der Waals surface area contributed by atoms with Crippen LogP contribution < -0.4 is 5.32 Å². The van der Waals surface area contributed by atoms with Gasteiger partial charge < -0.3 is 20.6 Å². The zero-order valence-electron chi connectivity index (χ0n) is 13.1. The van der Waals surface area contributed by atoms with Gasteiger partial charge in [-0.1, -0.05) is 35.9 Å². The summed E-state index contributed by atoms with van der Waals surface area (Å²) in [5, 5.41) is 21.0. The summed E-state index contributed by atoms with van der Waals surface area (Å²) in [6, 6.07) is 12.4. The monoisotopic (exact) mass is 344 g/mol. The fraction of sp³-hybridized carbons (Fsp3) is 0.167. The summed E-state index contributed by atoms with van der Waals surface area (Å²) in [6.45, 7) is 0.0444. The van der Waals surface area contributed by atoms with Gasteiger partial charge in [0.05, 0.1) is 19.4 Å². The lowest BCUT2D eigenvalue weighted by molar-refractivity contribution is 0.357. The van der Waals surface area contributed by atoms with Crippen molar-refractivity contribution in [2.45, 2.75) is 6.54 Å². The SMILES string of the molecule is COC(=C=O)c1ccc(C(=N)CO)c(NCc2ccccc2Cl)c1. The summed E-state index contributed by atoms with van der Waals surface area (Å²) >= 11 is 6.15. The van der Waals surface area contributed by atoms with Gasteiger partial charge in [0.15, 0.2) is 5.94 Å². The first-order valence-corrected chi connectivity index (χ1v) is 7.58. The number of ether oxygens (including phenoxy) is 1. The predicted octanol–water partition coefficient (Wildman–Crippen LogP) is 3.13. The predicted molar refractivity (Wildman–Crippen MR) is 95.2 cm³/mol. The summed E-state index contributed by atoms with van der Waals surface area (Å²) in [5.74, 6) is 1.80. The highest BCUT2D eigenvalue weighted by Gasteiger charge is 2.12. The molecule has 0 aromatic heterocycles. The molecule has 0 fully saturated rings. The summed E-state index contributed by atoms with van der Waals surface area (Å²) in [6.07, 6.45) is 0. The van der Waals surface area contributed by atoms with Crippen LogP contribution in [0.5, 0.6) is 0 Å². The second kappa shape index (κ2) is 8.31. The maximum absolute atomic E-state index is 10.9. The highest BCUT2D eigenvalue weighted by Crippen LogP contribution is 2.24. The quantitative estimate of drug-likeness (QED) is 0.409. The Morgan fingerprint density at radius 1 is 1.33 bits per heavy atom. The van der Waals surface area contributed by atoms with Crippen LogP contribution in [0.1, 0.15) is 16.7 Å². The molecule has 0 bridgehead atoms.